The number of fused-ring (bicyclic) bond motifs is 2. The van der Waals surface area contributed by atoms with Gasteiger partial charge in [0.1, 0.15) is 11.9 Å². The zero-order chi connectivity index (χ0) is 11.9. The summed E-state index contributed by atoms with van der Waals surface area (Å²) in [5.74, 6) is 0. The lowest BCUT2D eigenvalue weighted by molar-refractivity contribution is -0.491. The van der Waals surface area contributed by atoms with Crippen molar-refractivity contribution in [3.63, 3.8) is 0 Å². The van der Waals surface area contributed by atoms with Crippen LogP contribution in [0.3, 0.4) is 0 Å². The highest BCUT2D eigenvalue weighted by Crippen LogP contribution is 2.35. The van der Waals surface area contributed by atoms with Crippen molar-refractivity contribution in [2.75, 3.05) is 5.32 Å². The van der Waals surface area contributed by atoms with E-state index in [2.05, 4.69) is 65.4 Å². The molecule has 4 rings (SSSR count). The molecule has 3 N–H and O–H groups in total. The molecule has 0 aliphatic carbocycles. The van der Waals surface area contributed by atoms with Gasteiger partial charge in [-0.1, -0.05) is 30.3 Å². The average Bonchev–Trinajstić information content (AvgIpc) is 3.02. The highest BCUT2D eigenvalue weighted by atomic mass is 15.0. The number of nitrogens with two attached hydrogens (primary N) is 1. The first kappa shape index (κ1) is 9.92. The smallest absolute Gasteiger partial charge is 0.142 e. The molecule has 2 aliphatic rings. The number of benzene rings is 2. The number of anilines is 1. The first-order chi connectivity index (χ1) is 8.92. The Morgan fingerprint density at radius 3 is 2.78 bits per heavy atom. The van der Waals surface area contributed by atoms with Crippen LogP contribution in [0.5, 0.6) is 0 Å². The lowest BCUT2D eigenvalue weighted by atomic mass is 9.98. The zero-order valence-corrected chi connectivity index (χ0v) is 10.1. The first-order valence-corrected chi connectivity index (χ1v) is 6.40. The summed E-state index contributed by atoms with van der Waals surface area (Å²) in [4.78, 5) is 0. The number of quaternary nitrogens is 1. The number of hydrogen-bond acceptors (Lipinski definition) is 1. The number of hydrogen-bond donors (Lipinski definition) is 2. The van der Waals surface area contributed by atoms with Crippen molar-refractivity contribution in [3.05, 3.63) is 65.9 Å². The molecule has 0 radical (unpaired) electrons. The van der Waals surface area contributed by atoms with Gasteiger partial charge in [-0.05, 0) is 24.1 Å². The standard InChI is InChI=1S/C16H14N2/c1-3-7-14-11(5-1)9-16(18-14)13-10-17-15-8-4-2-6-12(13)15/h1-8,10,16-18H,9H2/p+1. The lowest BCUT2D eigenvalue weighted by Gasteiger charge is -2.11. The predicted octanol–water partition coefficient (Wildman–Crippen LogP) is 2.27. The Balaban J connectivity index is 1.69. The van der Waals surface area contributed by atoms with Gasteiger partial charge in [-0.25, -0.2) is 0 Å². The summed E-state index contributed by atoms with van der Waals surface area (Å²) < 4.78 is 0. The molecule has 0 amide bonds. The molecule has 2 aromatic rings. The maximum Gasteiger partial charge on any atom is 0.142 e. The van der Waals surface area contributed by atoms with Gasteiger partial charge in [-0.3, -0.25) is 5.32 Å². The van der Waals surface area contributed by atoms with Crippen molar-refractivity contribution >= 4 is 16.9 Å². The summed E-state index contributed by atoms with van der Waals surface area (Å²) in [6, 6.07) is 17.6. The van der Waals surface area contributed by atoms with Gasteiger partial charge in [0.25, 0.3) is 0 Å². The van der Waals surface area contributed by atoms with E-state index >= 15 is 0 Å². The molecule has 2 aliphatic heterocycles. The Bertz CT molecular complexity index is 618. The normalized spacial score (nSPS) is 20.0. The minimum atomic E-state index is 0.419. The maximum absolute atomic E-state index is 3.63. The van der Waals surface area contributed by atoms with E-state index in [4.69, 9.17) is 0 Å². The van der Waals surface area contributed by atoms with E-state index in [9.17, 15) is 0 Å². The fourth-order valence-electron chi connectivity index (χ4n) is 2.96. The average molecular weight is 235 g/mol. The summed E-state index contributed by atoms with van der Waals surface area (Å²) in [5, 5.41) is 5.85. The Labute approximate surface area is 106 Å². The quantitative estimate of drug-likeness (QED) is 0.729. The third-order valence-corrected chi connectivity index (χ3v) is 3.86. The van der Waals surface area contributed by atoms with E-state index in [1.807, 2.05) is 0 Å². The zero-order valence-electron chi connectivity index (χ0n) is 10.1. The monoisotopic (exact) mass is 235 g/mol. The van der Waals surface area contributed by atoms with Gasteiger partial charge in [0.2, 0.25) is 0 Å². The fourth-order valence-corrected chi connectivity index (χ4v) is 2.96. The Hall–Kier alpha value is -2.06. The molecule has 2 nitrogen and oxygen atoms in total. The van der Waals surface area contributed by atoms with Crippen molar-refractivity contribution < 1.29 is 5.32 Å². The first-order valence-electron chi connectivity index (χ1n) is 6.40. The highest BCUT2D eigenvalue weighted by molar-refractivity contribution is 5.81. The van der Waals surface area contributed by atoms with E-state index < -0.39 is 0 Å². The summed E-state index contributed by atoms with van der Waals surface area (Å²) in [6.07, 6.45) is 3.35. The summed E-state index contributed by atoms with van der Waals surface area (Å²) in [6.45, 7) is 0. The van der Waals surface area contributed by atoms with Crippen LogP contribution in [-0.2, 0) is 6.42 Å². The van der Waals surface area contributed by atoms with Crippen LogP contribution in [0.15, 0.2) is 54.7 Å². The molecule has 2 aromatic carbocycles. The van der Waals surface area contributed by atoms with Crippen molar-refractivity contribution in [2.24, 2.45) is 0 Å². The van der Waals surface area contributed by atoms with Gasteiger partial charge in [0.15, 0.2) is 0 Å². The van der Waals surface area contributed by atoms with Crippen LogP contribution in [-0.4, -0.2) is 6.04 Å². The van der Waals surface area contributed by atoms with Crippen LogP contribution in [0.4, 0.5) is 11.4 Å². The van der Waals surface area contributed by atoms with Crippen molar-refractivity contribution in [3.8, 4) is 0 Å². The SMILES string of the molecule is C1=C(C2Cc3ccccc3N2)c2ccccc2[NH2+]1. The maximum atomic E-state index is 3.63. The van der Waals surface area contributed by atoms with Crippen LogP contribution in [0.1, 0.15) is 11.1 Å². The topological polar surface area (TPSA) is 28.6 Å². The molecule has 2 heterocycles. The number of nitrogens with one attached hydrogen (secondary N) is 1. The molecule has 88 valence electrons. The molecule has 0 spiro atoms. The molecule has 18 heavy (non-hydrogen) atoms. The molecular weight excluding hydrogens is 220 g/mol. The largest absolute Gasteiger partial charge is 0.377 e. The van der Waals surface area contributed by atoms with Crippen LogP contribution in [0.25, 0.3) is 5.57 Å². The Morgan fingerprint density at radius 1 is 1.00 bits per heavy atom. The third-order valence-electron chi connectivity index (χ3n) is 3.86. The Morgan fingerprint density at radius 2 is 1.83 bits per heavy atom. The van der Waals surface area contributed by atoms with Gasteiger partial charge in [0, 0.05) is 22.9 Å². The summed E-state index contributed by atoms with van der Waals surface area (Å²) in [5.41, 5.74) is 6.84. The van der Waals surface area contributed by atoms with Crippen molar-refractivity contribution in [1.29, 1.82) is 0 Å². The molecule has 0 aromatic heterocycles. The van der Waals surface area contributed by atoms with E-state index in [1.165, 1.54) is 28.1 Å². The van der Waals surface area contributed by atoms with Gasteiger partial charge in [-0.15, -0.1) is 0 Å². The van der Waals surface area contributed by atoms with Gasteiger partial charge in [-0.2, -0.15) is 0 Å². The van der Waals surface area contributed by atoms with Crippen LogP contribution in [0.2, 0.25) is 0 Å². The van der Waals surface area contributed by atoms with Crippen molar-refractivity contribution in [1.82, 2.24) is 0 Å². The highest BCUT2D eigenvalue weighted by Gasteiger charge is 2.29. The number of para-hydroxylation sites is 2. The minimum Gasteiger partial charge on any atom is -0.377 e. The second-order valence-electron chi connectivity index (χ2n) is 4.93. The summed E-state index contributed by atoms with van der Waals surface area (Å²) >= 11 is 0. The molecule has 2 heteroatoms. The van der Waals surface area contributed by atoms with Gasteiger partial charge >= 0.3 is 0 Å². The summed E-state index contributed by atoms with van der Waals surface area (Å²) in [7, 11) is 0. The van der Waals surface area contributed by atoms with Gasteiger partial charge < -0.3 is 5.32 Å². The van der Waals surface area contributed by atoms with E-state index in [0.717, 1.165) is 6.42 Å². The second kappa shape index (κ2) is 3.72. The van der Waals surface area contributed by atoms with E-state index in [1.54, 1.807) is 0 Å². The second-order valence-corrected chi connectivity index (χ2v) is 4.93. The predicted molar refractivity (Wildman–Crippen MR) is 73.6 cm³/mol. The van der Waals surface area contributed by atoms with E-state index in [0.29, 0.717) is 6.04 Å². The van der Waals surface area contributed by atoms with Gasteiger partial charge in [0.05, 0.1) is 6.04 Å². The molecule has 1 atom stereocenters. The molecule has 1 unspecified atom stereocenters. The minimum absolute atomic E-state index is 0.419. The fraction of sp³-hybridized carbons (Fsp3) is 0.125. The molecule has 0 fully saturated rings. The molecule has 0 bridgehead atoms. The molecule has 0 saturated heterocycles. The Kier molecular flexibility index (Phi) is 2.05. The third kappa shape index (κ3) is 1.39. The molecular formula is C16H15N2+. The van der Waals surface area contributed by atoms with Crippen LogP contribution in [0, 0.1) is 0 Å². The lowest BCUT2D eigenvalue weighted by Crippen LogP contribution is -2.69. The molecule has 0 saturated carbocycles. The number of rotatable bonds is 1. The van der Waals surface area contributed by atoms with E-state index in [-0.39, 0.29) is 0 Å². The van der Waals surface area contributed by atoms with Crippen LogP contribution >= 0.6 is 0 Å². The van der Waals surface area contributed by atoms with Crippen LogP contribution < -0.4 is 10.6 Å². The van der Waals surface area contributed by atoms with Crippen molar-refractivity contribution in [2.45, 2.75) is 12.5 Å².